The van der Waals surface area contributed by atoms with Crippen LogP contribution in [-0.2, 0) is 11.2 Å². The SMILES string of the molecule is COCCc1nnc2sc(-c3cccc(F)c3)nn12. The van der Waals surface area contributed by atoms with E-state index >= 15 is 0 Å². The Bertz CT molecular complexity index is 709. The average molecular weight is 278 g/mol. The molecule has 0 radical (unpaired) electrons. The molecule has 3 aromatic rings. The number of hydrogen-bond acceptors (Lipinski definition) is 5. The van der Waals surface area contributed by atoms with E-state index in [4.69, 9.17) is 4.74 Å². The third kappa shape index (κ3) is 2.34. The first-order valence-corrected chi connectivity index (χ1v) is 6.55. The number of fused-ring (bicyclic) bond motifs is 1. The molecule has 1 aromatic carbocycles. The Balaban J connectivity index is 2.00. The summed E-state index contributed by atoms with van der Waals surface area (Å²) in [5, 5.41) is 13.3. The van der Waals surface area contributed by atoms with Crippen molar-refractivity contribution in [2.75, 3.05) is 13.7 Å². The van der Waals surface area contributed by atoms with Gasteiger partial charge in [0.05, 0.1) is 6.61 Å². The Hall–Kier alpha value is -1.86. The van der Waals surface area contributed by atoms with Crippen LogP contribution in [0.2, 0.25) is 0 Å². The fourth-order valence-corrected chi connectivity index (χ4v) is 2.60. The molecule has 98 valence electrons. The maximum atomic E-state index is 13.2. The molecule has 0 fully saturated rings. The van der Waals surface area contributed by atoms with Gasteiger partial charge < -0.3 is 4.74 Å². The Morgan fingerprint density at radius 1 is 1.37 bits per heavy atom. The summed E-state index contributed by atoms with van der Waals surface area (Å²) < 4.78 is 19.9. The molecule has 2 aromatic heterocycles. The molecular formula is C12H11FN4OS. The number of rotatable bonds is 4. The Morgan fingerprint density at radius 2 is 2.26 bits per heavy atom. The van der Waals surface area contributed by atoms with Crippen molar-refractivity contribution in [1.29, 1.82) is 0 Å². The molecule has 3 rings (SSSR count). The van der Waals surface area contributed by atoms with Crippen LogP contribution in [0.25, 0.3) is 15.5 Å². The monoisotopic (exact) mass is 278 g/mol. The minimum Gasteiger partial charge on any atom is -0.384 e. The fourth-order valence-electron chi connectivity index (χ4n) is 1.74. The van der Waals surface area contributed by atoms with Crippen LogP contribution in [-0.4, -0.2) is 33.5 Å². The summed E-state index contributed by atoms with van der Waals surface area (Å²) in [5.74, 6) is 0.471. The van der Waals surface area contributed by atoms with E-state index in [0.717, 1.165) is 16.4 Å². The zero-order valence-corrected chi connectivity index (χ0v) is 11.0. The van der Waals surface area contributed by atoms with Gasteiger partial charge in [0, 0.05) is 19.1 Å². The summed E-state index contributed by atoms with van der Waals surface area (Å²) in [5.41, 5.74) is 0.744. The van der Waals surface area contributed by atoms with Gasteiger partial charge in [-0.1, -0.05) is 23.5 Å². The predicted molar refractivity (Wildman–Crippen MR) is 69.6 cm³/mol. The van der Waals surface area contributed by atoms with Crippen molar-refractivity contribution >= 4 is 16.3 Å². The van der Waals surface area contributed by atoms with Gasteiger partial charge in [0.15, 0.2) is 5.82 Å². The van der Waals surface area contributed by atoms with Crippen LogP contribution in [0.15, 0.2) is 24.3 Å². The Morgan fingerprint density at radius 3 is 3.05 bits per heavy atom. The molecule has 5 nitrogen and oxygen atoms in total. The highest BCUT2D eigenvalue weighted by atomic mass is 32.1. The van der Waals surface area contributed by atoms with Crippen molar-refractivity contribution < 1.29 is 9.13 Å². The molecule has 0 unspecified atom stereocenters. The summed E-state index contributed by atoms with van der Waals surface area (Å²) >= 11 is 1.38. The molecule has 0 saturated heterocycles. The maximum absolute atomic E-state index is 13.2. The van der Waals surface area contributed by atoms with E-state index in [9.17, 15) is 4.39 Å². The minimum atomic E-state index is -0.275. The van der Waals surface area contributed by atoms with Crippen molar-refractivity contribution in [3.05, 3.63) is 35.9 Å². The van der Waals surface area contributed by atoms with Gasteiger partial charge in [0.1, 0.15) is 10.8 Å². The summed E-state index contributed by atoms with van der Waals surface area (Å²) in [7, 11) is 1.64. The van der Waals surface area contributed by atoms with Gasteiger partial charge in [0.25, 0.3) is 0 Å². The van der Waals surface area contributed by atoms with E-state index in [-0.39, 0.29) is 5.82 Å². The molecule has 0 bridgehead atoms. The van der Waals surface area contributed by atoms with Gasteiger partial charge in [0.2, 0.25) is 4.96 Å². The molecule has 0 aliphatic heterocycles. The lowest BCUT2D eigenvalue weighted by Crippen LogP contribution is -2.01. The second kappa shape index (κ2) is 5.02. The molecule has 0 saturated carbocycles. The second-order valence-corrected chi connectivity index (χ2v) is 4.93. The van der Waals surface area contributed by atoms with E-state index in [2.05, 4.69) is 15.3 Å². The molecule has 0 atom stereocenters. The molecular weight excluding hydrogens is 267 g/mol. The summed E-state index contributed by atoms with van der Waals surface area (Å²) in [6.45, 7) is 0.563. The third-order valence-electron chi connectivity index (χ3n) is 2.66. The first-order chi connectivity index (χ1) is 9.28. The van der Waals surface area contributed by atoms with Gasteiger partial charge in [-0.25, -0.2) is 4.39 Å². The summed E-state index contributed by atoms with van der Waals surface area (Å²) in [4.78, 5) is 0.699. The number of methoxy groups -OCH3 is 1. The third-order valence-corrected chi connectivity index (χ3v) is 3.60. The lowest BCUT2D eigenvalue weighted by molar-refractivity contribution is 0.200. The summed E-state index contributed by atoms with van der Waals surface area (Å²) in [6.07, 6.45) is 0.643. The predicted octanol–water partition coefficient (Wildman–Crippen LogP) is 2.18. The molecule has 7 heteroatoms. The van der Waals surface area contributed by atoms with Crippen LogP contribution in [0.5, 0.6) is 0 Å². The highest BCUT2D eigenvalue weighted by Gasteiger charge is 2.12. The smallest absolute Gasteiger partial charge is 0.234 e. The van der Waals surface area contributed by atoms with Crippen molar-refractivity contribution in [2.24, 2.45) is 0 Å². The number of benzene rings is 1. The van der Waals surface area contributed by atoms with Crippen LogP contribution in [0.1, 0.15) is 5.82 Å². The van der Waals surface area contributed by atoms with E-state index < -0.39 is 0 Å². The molecule has 2 heterocycles. The normalized spacial score (nSPS) is 11.3. The van der Waals surface area contributed by atoms with Crippen LogP contribution < -0.4 is 0 Å². The maximum Gasteiger partial charge on any atom is 0.234 e. The second-order valence-electron chi connectivity index (χ2n) is 3.97. The number of hydrogen-bond donors (Lipinski definition) is 0. The first-order valence-electron chi connectivity index (χ1n) is 5.74. The van der Waals surface area contributed by atoms with E-state index in [1.807, 2.05) is 6.07 Å². The fraction of sp³-hybridized carbons (Fsp3) is 0.250. The van der Waals surface area contributed by atoms with Crippen LogP contribution in [0.3, 0.4) is 0 Å². The summed E-state index contributed by atoms with van der Waals surface area (Å²) in [6, 6.07) is 6.36. The van der Waals surface area contributed by atoms with Crippen molar-refractivity contribution in [1.82, 2.24) is 19.8 Å². The van der Waals surface area contributed by atoms with Crippen molar-refractivity contribution in [2.45, 2.75) is 6.42 Å². The quantitative estimate of drug-likeness (QED) is 0.734. The Labute approximate surface area is 112 Å². The average Bonchev–Trinajstić information content (AvgIpc) is 2.97. The van der Waals surface area contributed by atoms with Crippen LogP contribution in [0.4, 0.5) is 4.39 Å². The van der Waals surface area contributed by atoms with Gasteiger partial charge >= 0.3 is 0 Å². The topological polar surface area (TPSA) is 52.3 Å². The molecule has 0 aliphatic carbocycles. The van der Waals surface area contributed by atoms with E-state index in [1.54, 1.807) is 17.7 Å². The largest absolute Gasteiger partial charge is 0.384 e. The van der Waals surface area contributed by atoms with Gasteiger partial charge in [-0.15, -0.1) is 10.2 Å². The zero-order chi connectivity index (χ0) is 13.2. The van der Waals surface area contributed by atoms with Crippen LogP contribution in [0, 0.1) is 5.82 Å². The van der Waals surface area contributed by atoms with Gasteiger partial charge in [-0.3, -0.25) is 0 Å². The van der Waals surface area contributed by atoms with Crippen molar-refractivity contribution in [3.8, 4) is 10.6 Å². The van der Waals surface area contributed by atoms with E-state index in [0.29, 0.717) is 18.0 Å². The molecule has 0 amide bonds. The lowest BCUT2D eigenvalue weighted by Gasteiger charge is -1.96. The van der Waals surface area contributed by atoms with E-state index in [1.165, 1.54) is 23.5 Å². The van der Waals surface area contributed by atoms with Crippen molar-refractivity contribution in [3.63, 3.8) is 0 Å². The van der Waals surface area contributed by atoms with Gasteiger partial charge in [-0.05, 0) is 12.1 Å². The highest BCUT2D eigenvalue weighted by Crippen LogP contribution is 2.25. The van der Waals surface area contributed by atoms with Crippen LogP contribution >= 0.6 is 11.3 Å². The molecule has 0 spiro atoms. The Kier molecular flexibility index (Phi) is 3.22. The first kappa shape index (κ1) is 12.2. The highest BCUT2D eigenvalue weighted by molar-refractivity contribution is 7.19. The molecule has 19 heavy (non-hydrogen) atoms. The zero-order valence-electron chi connectivity index (χ0n) is 10.2. The van der Waals surface area contributed by atoms with Gasteiger partial charge in [-0.2, -0.15) is 9.61 Å². The number of halogens is 1. The molecule has 0 N–H and O–H groups in total. The lowest BCUT2D eigenvalue weighted by atomic mass is 10.2. The molecule has 0 aliphatic rings. The number of nitrogens with zero attached hydrogens (tertiary/aromatic N) is 4. The minimum absolute atomic E-state index is 0.275. The number of aromatic nitrogens is 4. The standard InChI is InChI=1S/C12H11FN4OS/c1-18-6-5-10-14-15-12-17(10)16-11(19-12)8-3-2-4-9(13)7-8/h2-4,7H,5-6H2,1H3. The number of ether oxygens (including phenoxy) is 1.